The summed E-state index contributed by atoms with van der Waals surface area (Å²) < 4.78 is 42.6. The molecular weight excluding hydrogens is 473 g/mol. The summed E-state index contributed by atoms with van der Waals surface area (Å²) in [5.74, 6) is -0.241. The molecular formula is C25H19F3N6O2. The Morgan fingerprint density at radius 1 is 1.06 bits per heavy atom. The second kappa shape index (κ2) is 7.62. The van der Waals surface area contributed by atoms with Crippen LogP contribution in [0.15, 0.2) is 67.3 Å². The van der Waals surface area contributed by atoms with Crippen LogP contribution in [0.25, 0.3) is 27.6 Å². The van der Waals surface area contributed by atoms with Gasteiger partial charge in [-0.05, 0) is 48.5 Å². The SMILES string of the molecule is Cn1cc2c3cc(C(=O)N4CC(O)(c5ccncn5)C4)ccc3n(-c3ccc(C(F)(F)F)cc3)c2n1. The van der Waals surface area contributed by atoms with E-state index in [2.05, 4.69) is 15.1 Å². The number of halogens is 3. The highest BCUT2D eigenvalue weighted by Crippen LogP contribution is 2.36. The molecule has 1 saturated heterocycles. The molecule has 8 nitrogen and oxygen atoms in total. The minimum Gasteiger partial charge on any atom is -0.380 e. The molecule has 0 unspecified atom stereocenters. The largest absolute Gasteiger partial charge is 0.416 e. The van der Waals surface area contributed by atoms with Gasteiger partial charge < -0.3 is 10.0 Å². The van der Waals surface area contributed by atoms with Crippen LogP contribution in [0.1, 0.15) is 21.6 Å². The van der Waals surface area contributed by atoms with E-state index in [1.165, 1.54) is 23.4 Å². The second-order valence-electron chi connectivity index (χ2n) is 8.94. The number of aromatic nitrogens is 5. The van der Waals surface area contributed by atoms with E-state index in [0.717, 1.165) is 22.9 Å². The average Bonchev–Trinajstić information content (AvgIpc) is 3.36. The number of hydrogen-bond acceptors (Lipinski definition) is 5. The molecule has 1 aliphatic rings. The first-order valence-corrected chi connectivity index (χ1v) is 11.1. The Morgan fingerprint density at radius 2 is 1.81 bits per heavy atom. The molecule has 0 radical (unpaired) electrons. The van der Waals surface area contributed by atoms with Crippen molar-refractivity contribution in [3.63, 3.8) is 0 Å². The van der Waals surface area contributed by atoms with Gasteiger partial charge in [-0.1, -0.05) is 0 Å². The molecule has 0 bridgehead atoms. The highest BCUT2D eigenvalue weighted by molar-refractivity contribution is 6.10. The predicted octanol–water partition coefficient (Wildman–Crippen LogP) is 3.67. The lowest BCUT2D eigenvalue weighted by atomic mass is 9.89. The third-order valence-electron chi connectivity index (χ3n) is 6.50. The number of carbonyl (C=O) groups excluding carboxylic acids is 1. The van der Waals surface area contributed by atoms with Crippen LogP contribution < -0.4 is 0 Å². The molecule has 11 heteroatoms. The van der Waals surface area contributed by atoms with Gasteiger partial charge in [0.1, 0.15) is 11.9 Å². The smallest absolute Gasteiger partial charge is 0.380 e. The number of likely N-dealkylation sites (tertiary alicyclic amines) is 1. The normalized spacial score (nSPS) is 15.4. The lowest BCUT2D eigenvalue weighted by molar-refractivity contribution is -0.137. The molecule has 36 heavy (non-hydrogen) atoms. The van der Waals surface area contributed by atoms with E-state index in [-0.39, 0.29) is 19.0 Å². The fraction of sp³-hybridized carbons (Fsp3) is 0.200. The predicted molar refractivity (Wildman–Crippen MR) is 124 cm³/mol. The monoisotopic (exact) mass is 492 g/mol. The second-order valence-corrected chi connectivity index (χ2v) is 8.94. The molecule has 4 heterocycles. The van der Waals surface area contributed by atoms with Gasteiger partial charge in [0.25, 0.3) is 5.91 Å². The van der Waals surface area contributed by atoms with Crippen LogP contribution in [0.4, 0.5) is 13.2 Å². The molecule has 0 spiro atoms. The van der Waals surface area contributed by atoms with Crippen molar-refractivity contribution in [2.45, 2.75) is 11.8 Å². The average molecular weight is 492 g/mol. The Kier molecular flexibility index (Phi) is 4.71. The molecule has 182 valence electrons. The number of aryl methyl sites for hydroxylation is 1. The van der Waals surface area contributed by atoms with Crippen molar-refractivity contribution in [2.75, 3.05) is 13.1 Å². The van der Waals surface area contributed by atoms with E-state index in [0.29, 0.717) is 28.1 Å². The van der Waals surface area contributed by atoms with Gasteiger partial charge in [-0.3, -0.25) is 14.0 Å². The van der Waals surface area contributed by atoms with E-state index in [1.54, 1.807) is 46.8 Å². The first-order valence-electron chi connectivity index (χ1n) is 11.1. The van der Waals surface area contributed by atoms with Crippen LogP contribution in [-0.2, 0) is 18.8 Å². The van der Waals surface area contributed by atoms with Crippen LogP contribution in [0, 0.1) is 0 Å². The summed E-state index contributed by atoms with van der Waals surface area (Å²) in [7, 11) is 1.76. The van der Waals surface area contributed by atoms with Gasteiger partial charge in [0, 0.05) is 41.5 Å². The lowest BCUT2D eigenvalue weighted by Gasteiger charge is -2.45. The van der Waals surface area contributed by atoms with Gasteiger partial charge in [0.15, 0.2) is 5.65 Å². The number of rotatable bonds is 3. The van der Waals surface area contributed by atoms with Gasteiger partial charge >= 0.3 is 6.18 Å². The number of β-amino-alcohol motifs (C(OH)–C–C–N with tert-alkyl or cyclic N) is 1. The Balaban J connectivity index is 1.36. The van der Waals surface area contributed by atoms with E-state index in [1.807, 2.05) is 6.20 Å². The number of amides is 1. The minimum atomic E-state index is -4.43. The molecule has 1 N–H and O–H groups in total. The van der Waals surface area contributed by atoms with Crippen molar-refractivity contribution < 1.29 is 23.1 Å². The minimum absolute atomic E-state index is 0.107. The van der Waals surface area contributed by atoms with Crippen molar-refractivity contribution >= 4 is 27.8 Å². The molecule has 0 saturated carbocycles. The molecule has 1 aliphatic heterocycles. The molecule has 5 aromatic rings. The zero-order valence-corrected chi connectivity index (χ0v) is 18.9. The summed E-state index contributed by atoms with van der Waals surface area (Å²) in [5.41, 5.74) is 0.753. The maximum Gasteiger partial charge on any atom is 0.416 e. The quantitative estimate of drug-likeness (QED) is 0.415. The van der Waals surface area contributed by atoms with Gasteiger partial charge in [-0.15, -0.1) is 0 Å². The van der Waals surface area contributed by atoms with Crippen LogP contribution in [-0.4, -0.2) is 53.3 Å². The summed E-state index contributed by atoms with van der Waals surface area (Å²) in [5, 5.41) is 16.8. The number of carbonyl (C=O) groups is 1. The first kappa shape index (κ1) is 22.2. The van der Waals surface area contributed by atoms with Crippen LogP contribution in [0.3, 0.4) is 0 Å². The fourth-order valence-electron chi connectivity index (χ4n) is 4.73. The molecule has 0 atom stereocenters. The Bertz CT molecular complexity index is 1620. The van der Waals surface area contributed by atoms with Gasteiger partial charge in [0.2, 0.25) is 0 Å². The third-order valence-corrected chi connectivity index (χ3v) is 6.50. The Labute approximate surface area is 202 Å². The standard InChI is InChI=1S/C25H19F3N6O2/c1-32-11-19-18-10-15(23(35)33-12-24(36,13-33)21-8-9-29-14-30-21)2-7-20(18)34(22(19)31-32)17-5-3-16(4-6-17)25(26,27)28/h2-11,14,36H,12-13H2,1H3. The van der Waals surface area contributed by atoms with Crippen LogP contribution in [0.2, 0.25) is 0 Å². The topological polar surface area (TPSA) is 89.1 Å². The lowest BCUT2D eigenvalue weighted by Crippen LogP contribution is -2.61. The zero-order valence-electron chi connectivity index (χ0n) is 18.9. The maximum atomic E-state index is 13.2. The van der Waals surface area contributed by atoms with Crippen molar-refractivity contribution in [1.29, 1.82) is 0 Å². The molecule has 2 aromatic carbocycles. The Hall–Kier alpha value is -4.25. The van der Waals surface area contributed by atoms with Crippen LogP contribution >= 0.6 is 0 Å². The summed E-state index contributed by atoms with van der Waals surface area (Å²) >= 11 is 0. The van der Waals surface area contributed by atoms with E-state index in [4.69, 9.17) is 0 Å². The summed E-state index contributed by atoms with van der Waals surface area (Å²) in [6, 6.07) is 11.7. The summed E-state index contributed by atoms with van der Waals surface area (Å²) in [4.78, 5) is 22.7. The first-order chi connectivity index (χ1) is 17.1. The van der Waals surface area contributed by atoms with Crippen LogP contribution in [0.5, 0.6) is 0 Å². The Morgan fingerprint density at radius 3 is 2.47 bits per heavy atom. The number of benzene rings is 2. The maximum absolute atomic E-state index is 13.2. The highest BCUT2D eigenvalue weighted by Gasteiger charge is 2.46. The molecule has 1 fully saturated rings. The number of hydrogen-bond donors (Lipinski definition) is 1. The van der Waals surface area contributed by atoms with Gasteiger partial charge in [-0.2, -0.15) is 18.3 Å². The van der Waals surface area contributed by atoms with Crippen molar-refractivity contribution in [3.8, 4) is 5.69 Å². The molecule has 3 aromatic heterocycles. The highest BCUT2D eigenvalue weighted by atomic mass is 19.4. The van der Waals surface area contributed by atoms with Crippen molar-refractivity contribution in [2.24, 2.45) is 7.05 Å². The van der Waals surface area contributed by atoms with Gasteiger partial charge in [-0.25, -0.2) is 9.97 Å². The number of nitrogens with zero attached hydrogens (tertiary/aromatic N) is 6. The van der Waals surface area contributed by atoms with Crippen molar-refractivity contribution in [3.05, 3.63) is 84.1 Å². The molecule has 1 amide bonds. The third kappa shape index (κ3) is 3.42. The van der Waals surface area contributed by atoms with Gasteiger partial charge in [0.05, 0.1) is 29.9 Å². The van der Waals surface area contributed by atoms with E-state index >= 15 is 0 Å². The van der Waals surface area contributed by atoms with E-state index in [9.17, 15) is 23.1 Å². The van der Waals surface area contributed by atoms with E-state index < -0.39 is 17.3 Å². The number of aliphatic hydroxyl groups is 1. The summed E-state index contributed by atoms with van der Waals surface area (Å²) in [6.45, 7) is 0.214. The zero-order chi connectivity index (χ0) is 25.2. The summed E-state index contributed by atoms with van der Waals surface area (Å²) in [6.07, 6.45) is 0.276. The number of fused-ring (bicyclic) bond motifs is 3. The number of alkyl halides is 3. The molecule has 6 rings (SSSR count). The molecule has 0 aliphatic carbocycles. The van der Waals surface area contributed by atoms with Crippen molar-refractivity contribution in [1.82, 2.24) is 29.2 Å². The fourth-order valence-corrected chi connectivity index (χ4v) is 4.73.